The number of aliphatic carboxylic acids is 1. The van der Waals surface area contributed by atoms with Gasteiger partial charge in [0.05, 0.1) is 0 Å². The molecule has 1 saturated carbocycles. The van der Waals surface area contributed by atoms with Crippen LogP contribution in [0.2, 0.25) is 0 Å². The number of carboxylic acids is 1. The molecular weight excluding hydrogens is 194 g/mol. The zero-order valence-corrected chi connectivity index (χ0v) is 9.57. The molecule has 0 spiro atoms. The lowest BCUT2D eigenvalue weighted by atomic mass is 9.93. The van der Waals surface area contributed by atoms with Gasteiger partial charge < -0.3 is 10.2 Å². The number of aliphatic hydroxyl groups is 1. The Labute approximate surface area is 90.9 Å². The van der Waals surface area contributed by atoms with E-state index in [4.69, 9.17) is 5.11 Å². The van der Waals surface area contributed by atoms with Crippen LogP contribution in [-0.4, -0.2) is 46.3 Å². The highest BCUT2D eigenvalue weighted by Crippen LogP contribution is 2.22. The summed E-state index contributed by atoms with van der Waals surface area (Å²) in [5.74, 6) is -1.15. The second-order valence-electron chi connectivity index (χ2n) is 4.79. The van der Waals surface area contributed by atoms with Crippen LogP contribution in [-0.2, 0) is 4.79 Å². The molecule has 0 heterocycles. The van der Waals surface area contributed by atoms with Crippen molar-refractivity contribution in [3.8, 4) is 0 Å². The number of nitrogens with zero attached hydrogens (tertiary/aromatic N) is 1. The lowest BCUT2D eigenvalue weighted by Gasteiger charge is -2.34. The lowest BCUT2D eigenvalue weighted by Crippen LogP contribution is -2.48. The van der Waals surface area contributed by atoms with Crippen molar-refractivity contribution in [2.75, 3.05) is 13.6 Å². The quantitative estimate of drug-likeness (QED) is 0.737. The van der Waals surface area contributed by atoms with Gasteiger partial charge in [-0.3, -0.25) is 4.90 Å². The predicted molar refractivity (Wildman–Crippen MR) is 57.8 cm³/mol. The number of likely N-dealkylation sites (N-methyl/N-ethyl adjacent to an activating group) is 1. The topological polar surface area (TPSA) is 60.8 Å². The largest absolute Gasteiger partial charge is 0.479 e. The Kier molecular flexibility index (Phi) is 4.11. The third-order valence-electron chi connectivity index (χ3n) is 3.22. The number of rotatable bonds is 4. The Morgan fingerprint density at radius 3 is 2.40 bits per heavy atom. The van der Waals surface area contributed by atoms with E-state index in [1.807, 2.05) is 11.9 Å². The fourth-order valence-corrected chi connectivity index (χ4v) is 2.20. The second-order valence-corrected chi connectivity index (χ2v) is 4.79. The molecule has 1 atom stereocenters. The summed E-state index contributed by atoms with van der Waals surface area (Å²) in [4.78, 5) is 12.7. The van der Waals surface area contributed by atoms with Crippen molar-refractivity contribution in [1.29, 1.82) is 0 Å². The molecule has 0 radical (unpaired) electrons. The summed E-state index contributed by atoms with van der Waals surface area (Å²) < 4.78 is 0. The van der Waals surface area contributed by atoms with E-state index in [0.717, 1.165) is 12.8 Å². The third-order valence-corrected chi connectivity index (χ3v) is 3.22. The molecule has 88 valence electrons. The molecule has 0 bridgehead atoms. The molecule has 1 unspecified atom stereocenters. The Bertz CT molecular complexity index is 222. The molecule has 0 aliphatic heterocycles. The summed E-state index contributed by atoms with van der Waals surface area (Å²) in [6.07, 6.45) is 5.94. The minimum absolute atomic E-state index is 0.201. The Balaban J connectivity index is 2.46. The monoisotopic (exact) mass is 215 g/mol. The first-order valence-electron chi connectivity index (χ1n) is 5.59. The van der Waals surface area contributed by atoms with Crippen molar-refractivity contribution in [2.24, 2.45) is 0 Å². The highest BCUT2D eigenvalue weighted by atomic mass is 16.4. The van der Waals surface area contributed by atoms with Crippen LogP contribution in [0, 0.1) is 0 Å². The molecule has 4 nitrogen and oxygen atoms in total. The summed E-state index contributed by atoms with van der Waals surface area (Å²) in [6.45, 7) is 1.56. The van der Waals surface area contributed by atoms with Crippen LogP contribution in [0.3, 0.4) is 0 Å². The maximum Gasteiger partial charge on any atom is 0.336 e. The van der Waals surface area contributed by atoms with E-state index >= 15 is 0 Å². The molecule has 4 heteroatoms. The summed E-state index contributed by atoms with van der Waals surface area (Å²) in [7, 11) is 1.90. The molecule has 15 heavy (non-hydrogen) atoms. The maximum atomic E-state index is 10.8. The van der Waals surface area contributed by atoms with Crippen LogP contribution in [0.1, 0.15) is 39.0 Å². The first-order chi connectivity index (χ1) is 6.93. The first kappa shape index (κ1) is 12.5. The molecule has 0 aromatic heterocycles. The zero-order valence-electron chi connectivity index (χ0n) is 9.57. The molecule has 0 aromatic carbocycles. The molecule has 1 aliphatic rings. The van der Waals surface area contributed by atoms with Crippen LogP contribution in [0.15, 0.2) is 0 Å². The van der Waals surface area contributed by atoms with Gasteiger partial charge in [0.2, 0.25) is 0 Å². The van der Waals surface area contributed by atoms with Gasteiger partial charge in [0.25, 0.3) is 0 Å². The van der Waals surface area contributed by atoms with Gasteiger partial charge in [-0.05, 0) is 26.8 Å². The SMILES string of the molecule is CN(CC(C)(O)C(=O)O)C1CCCCC1. The lowest BCUT2D eigenvalue weighted by molar-refractivity contribution is -0.158. The molecular formula is C11H21NO3. The van der Waals surface area contributed by atoms with Crippen LogP contribution < -0.4 is 0 Å². The normalized spacial score (nSPS) is 22.7. The summed E-state index contributed by atoms with van der Waals surface area (Å²) in [5.41, 5.74) is -1.63. The zero-order chi connectivity index (χ0) is 11.5. The fraction of sp³-hybridized carbons (Fsp3) is 0.909. The Morgan fingerprint density at radius 1 is 1.40 bits per heavy atom. The van der Waals surface area contributed by atoms with Gasteiger partial charge in [-0.1, -0.05) is 19.3 Å². The smallest absolute Gasteiger partial charge is 0.336 e. The molecule has 0 amide bonds. The van der Waals surface area contributed by atoms with Crippen molar-refractivity contribution in [1.82, 2.24) is 4.90 Å². The molecule has 0 saturated heterocycles. The second kappa shape index (κ2) is 4.94. The average molecular weight is 215 g/mol. The van der Waals surface area contributed by atoms with E-state index in [1.165, 1.54) is 26.2 Å². The Hall–Kier alpha value is -0.610. The fourth-order valence-electron chi connectivity index (χ4n) is 2.20. The molecule has 0 aromatic rings. The maximum absolute atomic E-state index is 10.8. The minimum atomic E-state index is -1.63. The third kappa shape index (κ3) is 3.47. The van der Waals surface area contributed by atoms with Crippen molar-refractivity contribution in [3.63, 3.8) is 0 Å². The van der Waals surface area contributed by atoms with Crippen molar-refractivity contribution in [3.05, 3.63) is 0 Å². The van der Waals surface area contributed by atoms with E-state index in [-0.39, 0.29) is 6.54 Å². The van der Waals surface area contributed by atoms with Crippen molar-refractivity contribution in [2.45, 2.75) is 50.7 Å². The van der Waals surface area contributed by atoms with Gasteiger partial charge >= 0.3 is 5.97 Å². The van der Waals surface area contributed by atoms with E-state index in [2.05, 4.69) is 0 Å². The standard InChI is InChI=1S/C11H21NO3/c1-11(15,10(13)14)8-12(2)9-6-4-3-5-7-9/h9,15H,3-8H2,1-2H3,(H,13,14). The highest BCUT2D eigenvalue weighted by molar-refractivity contribution is 5.76. The number of carboxylic acid groups (broad SMARTS) is 1. The average Bonchev–Trinajstić information content (AvgIpc) is 2.18. The number of carbonyl (C=O) groups is 1. The van der Waals surface area contributed by atoms with E-state index in [1.54, 1.807) is 0 Å². The first-order valence-corrected chi connectivity index (χ1v) is 5.59. The Morgan fingerprint density at radius 2 is 1.93 bits per heavy atom. The van der Waals surface area contributed by atoms with Crippen LogP contribution in [0.25, 0.3) is 0 Å². The van der Waals surface area contributed by atoms with Gasteiger partial charge in [0.15, 0.2) is 5.60 Å². The van der Waals surface area contributed by atoms with Crippen LogP contribution in [0.5, 0.6) is 0 Å². The van der Waals surface area contributed by atoms with E-state index in [9.17, 15) is 9.90 Å². The van der Waals surface area contributed by atoms with Crippen molar-refractivity contribution < 1.29 is 15.0 Å². The highest BCUT2D eigenvalue weighted by Gasteiger charge is 2.33. The minimum Gasteiger partial charge on any atom is -0.479 e. The summed E-state index contributed by atoms with van der Waals surface area (Å²) in [5, 5.41) is 18.5. The summed E-state index contributed by atoms with van der Waals surface area (Å²) >= 11 is 0. The van der Waals surface area contributed by atoms with E-state index in [0.29, 0.717) is 6.04 Å². The predicted octanol–water partition coefficient (Wildman–Crippen LogP) is 1.09. The van der Waals surface area contributed by atoms with Crippen LogP contribution in [0.4, 0.5) is 0 Å². The van der Waals surface area contributed by atoms with Gasteiger partial charge in [-0.2, -0.15) is 0 Å². The number of hydrogen-bond acceptors (Lipinski definition) is 3. The number of hydrogen-bond donors (Lipinski definition) is 2. The molecule has 1 fully saturated rings. The van der Waals surface area contributed by atoms with Gasteiger partial charge in [0.1, 0.15) is 0 Å². The molecule has 1 rings (SSSR count). The molecule has 1 aliphatic carbocycles. The van der Waals surface area contributed by atoms with Gasteiger partial charge in [0, 0.05) is 12.6 Å². The summed E-state index contributed by atoms with van der Waals surface area (Å²) in [6, 6.07) is 0.435. The van der Waals surface area contributed by atoms with E-state index < -0.39 is 11.6 Å². The van der Waals surface area contributed by atoms with Crippen molar-refractivity contribution >= 4 is 5.97 Å². The van der Waals surface area contributed by atoms with Gasteiger partial charge in [-0.25, -0.2) is 4.79 Å². The van der Waals surface area contributed by atoms with Gasteiger partial charge in [-0.15, -0.1) is 0 Å². The molecule has 2 N–H and O–H groups in total. The van der Waals surface area contributed by atoms with Crippen LogP contribution >= 0.6 is 0 Å².